The number of rotatable bonds is 2. The minimum atomic E-state index is -0.788. The van der Waals surface area contributed by atoms with E-state index in [9.17, 15) is 9.59 Å². The van der Waals surface area contributed by atoms with E-state index in [4.69, 9.17) is 9.47 Å². The van der Waals surface area contributed by atoms with Crippen molar-refractivity contribution in [2.24, 2.45) is 0 Å². The molecule has 2 unspecified atom stereocenters. The molecule has 6 heteroatoms. The Morgan fingerprint density at radius 2 is 1.59 bits per heavy atom. The summed E-state index contributed by atoms with van der Waals surface area (Å²) in [4.78, 5) is 22.1. The third-order valence-electron chi connectivity index (χ3n) is 2.40. The Bertz CT molecular complexity index is 298. The Morgan fingerprint density at radius 3 is 2.18 bits per heavy atom. The van der Waals surface area contributed by atoms with Crippen molar-refractivity contribution in [3.8, 4) is 0 Å². The van der Waals surface area contributed by atoms with Crippen molar-refractivity contribution < 1.29 is 28.5 Å². The topological polar surface area (TPSA) is 71.1 Å². The summed E-state index contributed by atoms with van der Waals surface area (Å²) in [6, 6.07) is 0. The Morgan fingerprint density at radius 1 is 1.00 bits per heavy atom. The van der Waals surface area contributed by atoms with E-state index in [-0.39, 0.29) is 0 Å². The van der Waals surface area contributed by atoms with Gasteiger partial charge < -0.3 is 18.9 Å². The number of hydrogen-bond donors (Lipinski definition) is 0. The van der Waals surface area contributed by atoms with Crippen LogP contribution in [0, 0.1) is 0 Å². The summed E-state index contributed by atoms with van der Waals surface area (Å²) in [5, 5.41) is 0. The lowest BCUT2D eigenvalue weighted by Gasteiger charge is -2.23. The van der Waals surface area contributed by atoms with Crippen molar-refractivity contribution in [2.45, 2.75) is 31.5 Å². The van der Waals surface area contributed by atoms with Crippen molar-refractivity contribution >= 4 is 12.3 Å². The van der Waals surface area contributed by atoms with Gasteiger partial charge in [-0.05, 0) is 12.8 Å². The van der Waals surface area contributed by atoms with Gasteiger partial charge in [0.25, 0.3) is 0 Å². The largest absolute Gasteiger partial charge is 0.508 e. The molecule has 0 saturated heterocycles. The van der Waals surface area contributed by atoms with Gasteiger partial charge in [-0.1, -0.05) is 12.2 Å². The van der Waals surface area contributed by atoms with E-state index < -0.39 is 24.5 Å². The standard InChI is InChI=1S/C11H16O6/c1-14-10(12)16-8-6-4-3-5-7-9(8)17-11(13)15-2/h3-4,8-9H,5-7H2,1-2H3. The van der Waals surface area contributed by atoms with E-state index in [0.29, 0.717) is 12.8 Å². The van der Waals surface area contributed by atoms with Gasteiger partial charge in [-0.15, -0.1) is 0 Å². The quantitative estimate of drug-likeness (QED) is 0.546. The summed E-state index contributed by atoms with van der Waals surface area (Å²) in [5.74, 6) is 0. The summed E-state index contributed by atoms with van der Waals surface area (Å²) in [6.07, 6.45) is 3.02. The van der Waals surface area contributed by atoms with Crippen LogP contribution in [0.3, 0.4) is 0 Å². The second-order valence-corrected chi connectivity index (χ2v) is 3.51. The molecule has 2 atom stereocenters. The minimum Gasteiger partial charge on any atom is -0.438 e. The van der Waals surface area contributed by atoms with E-state index >= 15 is 0 Å². The Kier molecular flexibility index (Phi) is 5.32. The first-order valence-electron chi connectivity index (χ1n) is 5.31. The molecule has 0 fully saturated rings. The SMILES string of the molecule is COC(=O)OC1CC=CCCC1OC(=O)OC. The zero-order valence-electron chi connectivity index (χ0n) is 9.88. The zero-order chi connectivity index (χ0) is 12.7. The molecule has 0 spiro atoms. The van der Waals surface area contributed by atoms with Crippen molar-refractivity contribution in [3.63, 3.8) is 0 Å². The molecule has 0 saturated carbocycles. The van der Waals surface area contributed by atoms with E-state index in [1.54, 1.807) is 0 Å². The number of carbonyl (C=O) groups excluding carboxylic acids is 2. The number of carbonyl (C=O) groups is 2. The third-order valence-corrected chi connectivity index (χ3v) is 2.40. The van der Waals surface area contributed by atoms with Crippen LogP contribution < -0.4 is 0 Å². The first-order valence-corrected chi connectivity index (χ1v) is 5.31. The molecule has 1 rings (SSSR count). The van der Waals surface area contributed by atoms with E-state index in [0.717, 1.165) is 6.42 Å². The fourth-order valence-electron chi connectivity index (χ4n) is 1.55. The lowest BCUT2D eigenvalue weighted by atomic mass is 10.1. The first-order chi connectivity index (χ1) is 8.17. The molecule has 1 aliphatic carbocycles. The summed E-state index contributed by atoms with van der Waals surface area (Å²) in [5.41, 5.74) is 0. The van der Waals surface area contributed by atoms with Crippen molar-refractivity contribution in [1.29, 1.82) is 0 Å². The van der Waals surface area contributed by atoms with Crippen LogP contribution in [0.25, 0.3) is 0 Å². The number of methoxy groups -OCH3 is 2. The highest BCUT2D eigenvalue weighted by molar-refractivity contribution is 5.61. The molecule has 0 radical (unpaired) electrons. The lowest BCUT2D eigenvalue weighted by Crippen LogP contribution is -2.34. The lowest BCUT2D eigenvalue weighted by molar-refractivity contribution is -0.0483. The highest BCUT2D eigenvalue weighted by Gasteiger charge is 2.29. The second-order valence-electron chi connectivity index (χ2n) is 3.51. The summed E-state index contributed by atoms with van der Waals surface area (Å²) < 4.78 is 18.9. The fourth-order valence-corrected chi connectivity index (χ4v) is 1.55. The molecule has 0 aromatic heterocycles. The molecule has 6 nitrogen and oxygen atoms in total. The van der Waals surface area contributed by atoms with Crippen LogP contribution >= 0.6 is 0 Å². The van der Waals surface area contributed by atoms with Gasteiger partial charge >= 0.3 is 12.3 Å². The van der Waals surface area contributed by atoms with Crippen molar-refractivity contribution in [1.82, 2.24) is 0 Å². The van der Waals surface area contributed by atoms with Gasteiger partial charge in [0.1, 0.15) is 12.2 Å². The number of ether oxygens (including phenoxy) is 4. The molecular formula is C11H16O6. The van der Waals surface area contributed by atoms with Crippen LogP contribution in [-0.2, 0) is 18.9 Å². The summed E-state index contributed by atoms with van der Waals surface area (Å²) >= 11 is 0. The summed E-state index contributed by atoms with van der Waals surface area (Å²) in [7, 11) is 2.46. The number of hydrogen-bond acceptors (Lipinski definition) is 6. The monoisotopic (exact) mass is 244 g/mol. The predicted molar refractivity (Wildman–Crippen MR) is 57.5 cm³/mol. The fraction of sp³-hybridized carbons (Fsp3) is 0.636. The van der Waals surface area contributed by atoms with Crippen LogP contribution in [0.15, 0.2) is 12.2 Å². The maximum Gasteiger partial charge on any atom is 0.508 e. The van der Waals surface area contributed by atoms with Gasteiger partial charge in [0, 0.05) is 6.42 Å². The van der Waals surface area contributed by atoms with Gasteiger partial charge in [-0.25, -0.2) is 9.59 Å². The highest BCUT2D eigenvalue weighted by atomic mass is 16.7. The molecule has 0 N–H and O–H groups in total. The molecule has 0 amide bonds. The van der Waals surface area contributed by atoms with Gasteiger partial charge in [0.15, 0.2) is 0 Å². The molecule has 96 valence electrons. The van der Waals surface area contributed by atoms with Gasteiger partial charge in [0.05, 0.1) is 14.2 Å². The van der Waals surface area contributed by atoms with E-state index in [1.165, 1.54) is 14.2 Å². The van der Waals surface area contributed by atoms with Gasteiger partial charge in [0.2, 0.25) is 0 Å². The maximum absolute atomic E-state index is 11.1. The third kappa shape index (κ3) is 4.34. The van der Waals surface area contributed by atoms with Crippen molar-refractivity contribution in [3.05, 3.63) is 12.2 Å². The molecular weight excluding hydrogens is 228 g/mol. The number of allylic oxidation sites excluding steroid dienone is 1. The zero-order valence-corrected chi connectivity index (χ0v) is 9.88. The Balaban J connectivity index is 2.61. The molecule has 0 aromatic rings. The van der Waals surface area contributed by atoms with Gasteiger partial charge in [-0.3, -0.25) is 0 Å². The molecule has 0 heterocycles. The Labute approximate surface area is 99.5 Å². The summed E-state index contributed by atoms with van der Waals surface area (Å²) in [6.45, 7) is 0. The first kappa shape index (κ1) is 13.3. The van der Waals surface area contributed by atoms with Crippen LogP contribution in [0.5, 0.6) is 0 Å². The second kappa shape index (κ2) is 6.78. The van der Waals surface area contributed by atoms with Crippen molar-refractivity contribution in [2.75, 3.05) is 14.2 Å². The minimum absolute atomic E-state index is 0.483. The maximum atomic E-state index is 11.1. The normalized spacial score (nSPS) is 23.4. The predicted octanol–water partition coefficient (Wildman–Crippen LogP) is 2.03. The average Bonchev–Trinajstić information content (AvgIpc) is 2.55. The van der Waals surface area contributed by atoms with Crippen LogP contribution in [0.2, 0.25) is 0 Å². The molecule has 17 heavy (non-hydrogen) atoms. The van der Waals surface area contributed by atoms with E-state index in [1.807, 2.05) is 12.2 Å². The molecule has 0 aliphatic heterocycles. The van der Waals surface area contributed by atoms with Gasteiger partial charge in [-0.2, -0.15) is 0 Å². The Hall–Kier alpha value is -1.72. The van der Waals surface area contributed by atoms with Crippen LogP contribution in [0.1, 0.15) is 19.3 Å². The van der Waals surface area contributed by atoms with Crippen LogP contribution in [0.4, 0.5) is 9.59 Å². The smallest absolute Gasteiger partial charge is 0.438 e. The van der Waals surface area contributed by atoms with Crippen LogP contribution in [-0.4, -0.2) is 38.7 Å². The molecule has 0 bridgehead atoms. The van der Waals surface area contributed by atoms with E-state index in [2.05, 4.69) is 9.47 Å². The molecule has 0 aromatic carbocycles. The molecule has 1 aliphatic rings. The highest BCUT2D eigenvalue weighted by Crippen LogP contribution is 2.20. The average molecular weight is 244 g/mol.